The van der Waals surface area contributed by atoms with Gasteiger partial charge in [-0.15, -0.1) is 0 Å². The lowest BCUT2D eigenvalue weighted by Gasteiger charge is -1.97. The first-order valence-electron chi connectivity index (χ1n) is 6.45. The minimum atomic E-state index is -2.94. The molecular formula is C9H20O. The normalized spacial score (nSPS) is 23.6. The second-order valence-corrected chi connectivity index (χ2v) is 2.31. The number of hydrogen-bond acceptors (Lipinski definition) is 1. The first-order chi connectivity index (χ1) is 6.73. The van der Waals surface area contributed by atoms with Crippen LogP contribution in [0, 0.1) is 0 Å². The summed E-state index contributed by atoms with van der Waals surface area (Å²) in [4.78, 5) is 0. The summed E-state index contributed by atoms with van der Waals surface area (Å²) in [6.45, 7) is -0.881. The molecule has 0 aliphatic carbocycles. The van der Waals surface area contributed by atoms with Gasteiger partial charge in [0.15, 0.2) is 0 Å². The largest absolute Gasteiger partial charge is 0.396 e. The monoisotopic (exact) mass is 149 g/mol. The van der Waals surface area contributed by atoms with Crippen LogP contribution in [-0.2, 0) is 0 Å². The van der Waals surface area contributed by atoms with Crippen molar-refractivity contribution in [3.05, 3.63) is 0 Å². The van der Waals surface area contributed by atoms with Gasteiger partial charge in [-0.2, -0.15) is 0 Å². The Morgan fingerprint density at radius 3 is 2.50 bits per heavy atom. The lowest BCUT2D eigenvalue weighted by Crippen LogP contribution is -1.83. The van der Waals surface area contributed by atoms with Crippen LogP contribution < -0.4 is 0 Å². The summed E-state index contributed by atoms with van der Waals surface area (Å²) in [5.41, 5.74) is 0. The van der Waals surface area contributed by atoms with Crippen LogP contribution in [0.5, 0.6) is 0 Å². The fraction of sp³-hybridized carbons (Fsp3) is 1.00. The van der Waals surface area contributed by atoms with E-state index in [-0.39, 0.29) is 6.42 Å². The average Bonchev–Trinajstić information content (AvgIpc) is 2.10. The van der Waals surface area contributed by atoms with Gasteiger partial charge in [-0.25, -0.2) is 0 Å². The van der Waals surface area contributed by atoms with Crippen molar-refractivity contribution < 1.29 is 12.0 Å². The smallest absolute Gasteiger partial charge is 0.0564 e. The van der Waals surface area contributed by atoms with Crippen molar-refractivity contribution in [1.29, 1.82) is 0 Å². The van der Waals surface area contributed by atoms with Crippen LogP contribution in [0.15, 0.2) is 0 Å². The van der Waals surface area contributed by atoms with Crippen molar-refractivity contribution >= 4 is 0 Å². The summed E-state index contributed by atoms with van der Waals surface area (Å²) in [5.74, 6) is 0. The highest BCUT2D eigenvalue weighted by molar-refractivity contribution is 4.43. The molecule has 10 heavy (non-hydrogen) atoms. The Balaban J connectivity index is 4.03. The van der Waals surface area contributed by atoms with Crippen LogP contribution >= 0.6 is 0 Å². The van der Waals surface area contributed by atoms with Gasteiger partial charge in [0.2, 0.25) is 0 Å². The van der Waals surface area contributed by atoms with E-state index in [0.717, 1.165) is 19.3 Å². The predicted octanol–water partition coefficient (Wildman–Crippen LogP) is 2.73. The minimum absolute atomic E-state index is 0.285. The van der Waals surface area contributed by atoms with Crippen molar-refractivity contribution in [2.45, 2.75) is 51.8 Å². The van der Waals surface area contributed by atoms with E-state index in [2.05, 4.69) is 6.92 Å². The molecule has 0 saturated heterocycles. The van der Waals surface area contributed by atoms with Gasteiger partial charge in [0, 0.05) is 10.7 Å². The summed E-state index contributed by atoms with van der Waals surface area (Å²) in [6.07, 6.45) is 0.313. The van der Waals surface area contributed by atoms with Crippen LogP contribution in [0.3, 0.4) is 0 Å². The summed E-state index contributed by atoms with van der Waals surface area (Å²) >= 11 is 0. The number of aliphatic hydroxyl groups is 1. The fourth-order valence-electron chi connectivity index (χ4n) is 0.791. The highest BCUT2D eigenvalue weighted by Gasteiger charge is 1.88. The zero-order chi connectivity index (χ0) is 12.1. The summed E-state index contributed by atoms with van der Waals surface area (Å²) in [6, 6.07) is 0. The van der Waals surface area contributed by atoms with Gasteiger partial charge in [-0.3, -0.25) is 0 Å². The maximum atomic E-state index is 8.96. The Morgan fingerprint density at radius 2 is 1.90 bits per heavy atom. The van der Waals surface area contributed by atoms with E-state index in [1.165, 1.54) is 0 Å². The Kier molecular flexibility index (Phi) is 3.68. The Morgan fingerprint density at radius 1 is 1.20 bits per heavy atom. The zero-order valence-electron chi connectivity index (χ0n) is 11.6. The van der Waals surface area contributed by atoms with E-state index in [4.69, 9.17) is 12.0 Å². The molecule has 0 radical (unpaired) electrons. The molecule has 1 atom stereocenters. The second kappa shape index (κ2) is 8.96. The third kappa shape index (κ3) is 7.96. The van der Waals surface area contributed by atoms with Gasteiger partial charge >= 0.3 is 0 Å². The molecule has 1 N–H and O–H groups in total. The Bertz CT molecular complexity index is 178. The summed E-state index contributed by atoms with van der Waals surface area (Å²) in [5, 5.41) is 8.96. The van der Waals surface area contributed by atoms with Crippen LogP contribution in [0.25, 0.3) is 0 Å². The summed E-state index contributed by atoms with van der Waals surface area (Å²) in [7, 11) is 0. The summed E-state index contributed by atoms with van der Waals surface area (Å²) < 4.78 is 35.9. The minimum Gasteiger partial charge on any atom is -0.396 e. The van der Waals surface area contributed by atoms with Crippen LogP contribution in [0.4, 0.5) is 0 Å². The van der Waals surface area contributed by atoms with Gasteiger partial charge in [0.05, 0.1) is 2.74 Å². The Hall–Kier alpha value is -0.0400. The molecule has 0 saturated carbocycles. The van der Waals surface area contributed by atoms with Gasteiger partial charge < -0.3 is 5.11 Å². The molecular weight excluding hydrogens is 124 g/mol. The molecule has 0 aromatic rings. The van der Waals surface area contributed by atoms with Crippen LogP contribution in [-0.4, -0.2) is 11.7 Å². The first kappa shape index (κ1) is 4.10. The first-order valence-corrected chi connectivity index (χ1v) is 3.88. The highest BCUT2D eigenvalue weighted by atomic mass is 16.2. The van der Waals surface area contributed by atoms with E-state index in [0.29, 0.717) is 6.42 Å². The standard InChI is InChI=1S/C9H20O/c1-2-3-4-5-6-7-8-9-10/h10H,2-9H2,1H3/i7D,8D2,9D2. The van der Waals surface area contributed by atoms with Gasteiger partial charge in [0.1, 0.15) is 0 Å². The lowest BCUT2D eigenvalue weighted by atomic mass is 10.1. The van der Waals surface area contributed by atoms with Crippen molar-refractivity contribution in [3.8, 4) is 0 Å². The quantitative estimate of drug-likeness (QED) is 0.552. The van der Waals surface area contributed by atoms with Gasteiger partial charge in [0.25, 0.3) is 0 Å². The van der Waals surface area contributed by atoms with E-state index >= 15 is 0 Å². The third-order valence-corrected chi connectivity index (χ3v) is 1.37. The van der Waals surface area contributed by atoms with Crippen molar-refractivity contribution in [2.24, 2.45) is 0 Å². The zero-order valence-corrected chi connectivity index (χ0v) is 6.56. The maximum Gasteiger partial charge on any atom is 0.0564 e. The predicted molar refractivity (Wildman–Crippen MR) is 45.1 cm³/mol. The number of hydrogen-bond donors (Lipinski definition) is 1. The average molecular weight is 149 g/mol. The van der Waals surface area contributed by atoms with Crippen LogP contribution in [0.1, 0.15) is 58.7 Å². The molecule has 1 nitrogen and oxygen atoms in total. The molecule has 0 amide bonds. The molecule has 0 spiro atoms. The maximum absolute atomic E-state index is 8.96. The molecule has 0 aromatic heterocycles. The topological polar surface area (TPSA) is 20.2 Å². The molecule has 0 fully saturated rings. The molecule has 1 heteroatoms. The van der Waals surface area contributed by atoms with Gasteiger partial charge in [-0.1, -0.05) is 45.4 Å². The molecule has 0 heterocycles. The van der Waals surface area contributed by atoms with Crippen molar-refractivity contribution in [1.82, 2.24) is 0 Å². The van der Waals surface area contributed by atoms with E-state index in [1.807, 2.05) is 0 Å². The number of rotatable bonds is 7. The molecule has 0 bridgehead atoms. The van der Waals surface area contributed by atoms with E-state index < -0.39 is 19.3 Å². The van der Waals surface area contributed by atoms with E-state index in [9.17, 15) is 0 Å². The van der Waals surface area contributed by atoms with Crippen molar-refractivity contribution in [3.63, 3.8) is 0 Å². The third-order valence-electron chi connectivity index (χ3n) is 1.37. The molecule has 0 aliphatic heterocycles. The molecule has 0 aliphatic rings. The van der Waals surface area contributed by atoms with Crippen molar-refractivity contribution in [2.75, 3.05) is 6.56 Å². The lowest BCUT2D eigenvalue weighted by molar-refractivity contribution is 0.282. The van der Waals surface area contributed by atoms with Gasteiger partial charge in [-0.05, 0) is 6.37 Å². The SMILES string of the molecule is [2H]C(CCCCCC)C([2H])([2H])C([2H])([2H])O. The fourth-order valence-corrected chi connectivity index (χ4v) is 0.791. The van der Waals surface area contributed by atoms with E-state index in [1.54, 1.807) is 0 Å². The number of unbranched alkanes of at least 4 members (excludes halogenated alkanes) is 3. The van der Waals surface area contributed by atoms with Crippen LogP contribution in [0.2, 0.25) is 0 Å². The second-order valence-electron chi connectivity index (χ2n) is 2.31. The molecule has 0 rings (SSSR count). The molecule has 0 aromatic carbocycles. The Labute approximate surface area is 71.5 Å². The molecule has 1 unspecified atom stereocenters. The molecule has 62 valence electrons. The highest BCUT2D eigenvalue weighted by Crippen LogP contribution is 2.05.